The van der Waals surface area contributed by atoms with Crippen molar-refractivity contribution in [2.24, 2.45) is 0 Å². The molecule has 71 heavy (non-hydrogen) atoms. The van der Waals surface area contributed by atoms with Crippen LogP contribution in [-0.2, 0) is 38.5 Å². The minimum atomic E-state index is 0.0954. The highest BCUT2D eigenvalue weighted by molar-refractivity contribution is 5.93. The fraction of sp³-hybridized carbons (Fsp3) is 0.0968. The summed E-state index contributed by atoms with van der Waals surface area (Å²) in [6.07, 6.45) is 3.98. The van der Waals surface area contributed by atoms with E-state index in [1.807, 2.05) is 115 Å². The van der Waals surface area contributed by atoms with Gasteiger partial charge in [0.25, 0.3) is 0 Å². The van der Waals surface area contributed by atoms with Crippen LogP contribution in [0.15, 0.2) is 182 Å². The smallest absolute Gasteiger partial charge is 0.122 e. The Bertz CT molecular complexity index is 2980. The first kappa shape index (κ1) is 47.0. The summed E-state index contributed by atoms with van der Waals surface area (Å²) in [5.41, 5.74) is 11.8. The highest BCUT2D eigenvalue weighted by Gasteiger charge is 2.21. The second kappa shape index (κ2) is 20.6. The van der Waals surface area contributed by atoms with Crippen molar-refractivity contribution in [3.63, 3.8) is 0 Å². The zero-order valence-corrected chi connectivity index (χ0v) is 38.7. The molecule has 0 atom stereocenters. The van der Waals surface area contributed by atoms with E-state index in [2.05, 4.69) is 0 Å². The molecule has 0 amide bonds. The minimum absolute atomic E-state index is 0.0954. The summed E-state index contributed by atoms with van der Waals surface area (Å²) in [5.74, 6) is 1.02. The maximum atomic E-state index is 12.2. The van der Waals surface area contributed by atoms with Crippen molar-refractivity contribution < 1.29 is 46.0 Å². The molecular weight excluding hydrogens is 889 g/mol. The van der Waals surface area contributed by atoms with E-state index >= 15 is 0 Å². The van der Waals surface area contributed by atoms with Gasteiger partial charge < -0.3 is 46.0 Å². The lowest BCUT2D eigenvalue weighted by Crippen LogP contribution is -2.02. The molecule has 9 nitrogen and oxygen atoms in total. The van der Waals surface area contributed by atoms with E-state index in [4.69, 9.17) is 0 Å². The number of phenolic OH excluding ortho intramolecular Hbond substituents is 9. The Kier molecular flexibility index (Phi) is 13.7. The summed E-state index contributed by atoms with van der Waals surface area (Å²) < 4.78 is 0. The largest absolute Gasteiger partial charge is 0.508 e. The fourth-order valence-electron chi connectivity index (χ4n) is 9.01. The van der Waals surface area contributed by atoms with Crippen LogP contribution in [0.5, 0.6) is 51.7 Å². The summed E-state index contributed by atoms with van der Waals surface area (Å²) in [5, 5.41) is 97.1. The molecule has 0 aliphatic heterocycles. The molecule has 0 aliphatic carbocycles. The standard InChI is InChI=1S/C62H52O9/c63-53-13-1-38(2-14-53)25-47-31-44(32-48(60(47)69)26-39-3-15-54(64)16-4-39)33-59(45-34-49(27-40-5-17-55(65)18-6-40)61(70)50(35-45)28-41-7-19-56(66)20-8-41)46-36-51(29-42-9-21-57(67)22-10-42)62(71)52(37-46)30-43-11-23-58(68)24-12-43/h1-24,31-37,63-71H,25-30H2. The Balaban J connectivity index is 1.30. The molecule has 0 saturated heterocycles. The number of rotatable bonds is 15. The quantitative estimate of drug-likeness (QED) is 0.0452. The highest BCUT2D eigenvalue weighted by atomic mass is 16.3. The molecule has 0 aromatic heterocycles. The number of aromatic hydroxyl groups is 9. The van der Waals surface area contributed by atoms with E-state index < -0.39 is 0 Å². The summed E-state index contributed by atoms with van der Waals surface area (Å²) in [4.78, 5) is 0. The van der Waals surface area contributed by atoms with E-state index in [0.717, 1.165) is 55.6 Å². The monoisotopic (exact) mass is 940 g/mol. The predicted molar refractivity (Wildman–Crippen MR) is 277 cm³/mol. The third-order valence-corrected chi connectivity index (χ3v) is 12.7. The van der Waals surface area contributed by atoms with Crippen molar-refractivity contribution in [1.82, 2.24) is 0 Å². The van der Waals surface area contributed by atoms with Crippen molar-refractivity contribution in [3.05, 3.63) is 265 Å². The van der Waals surface area contributed by atoms with Gasteiger partial charge in [0.05, 0.1) is 0 Å². The third-order valence-electron chi connectivity index (χ3n) is 12.7. The number of benzene rings is 9. The Hall–Kier alpha value is -9.08. The van der Waals surface area contributed by atoms with Gasteiger partial charge in [0.15, 0.2) is 0 Å². The van der Waals surface area contributed by atoms with Gasteiger partial charge in [-0.15, -0.1) is 0 Å². The molecule has 9 N–H and O–H groups in total. The van der Waals surface area contributed by atoms with E-state index in [9.17, 15) is 46.0 Å². The number of hydrogen-bond donors (Lipinski definition) is 9. The van der Waals surface area contributed by atoms with Crippen LogP contribution in [0.3, 0.4) is 0 Å². The van der Waals surface area contributed by atoms with Gasteiger partial charge in [0.2, 0.25) is 0 Å². The van der Waals surface area contributed by atoms with Gasteiger partial charge in [-0.1, -0.05) is 72.8 Å². The van der Waals surface area contributed by atoms with Gasteiger partial charge in [-0.25, -0.2) is 0 Å². The molecule has 9 heteroatoms. The molecule has 9 rings (SSSR count). The van der Waals surface area contributed by atoms with Crippen LogP contribution in [-0.4, -0.2) is 46.0 Å². The van der Waals surface area contributed by atoms with Crippen LogP contribution in [0.4, 0.5) is 0 Å². The second-order valence-corrected chi connectivity index (χ2v) is 18.1. The number of phenols is 9. The van der Waals surface area contributed by atoms with E-state index in [1.165, 1.54) is 0 Å². The maximum Gasteiger partial charge on any atom is 0.122 e. The Labute approximate surface area is 411 Å². The van der Waals surface area contributed by atoms with E-state index in [0.29, 0.717) is 71.9 Å². The molecule has 0 radical (unpaired) electrons. The van der Waals surface area contributed by atoms with Gasteiger partial charge in [0, 0.05) is 38.5 Å². The predicted octanol–water partition coefficient (Wildman–Crippen LogP) is 12.2. The molecular formula is C62H52O9. The second-order valence-electron chi connectivity index (χ2n) is 18.1. The van der Waals surface area contributed by atoms with Gasteiger partial charge >= 0.3 is 0 Å². The van der Waals surface area contributed by atoms with Gasteiger partial charge in [-0.2, -0.15) is 0 Å². The van der Waals surface area contributed by atoms with Crippen molar-refractivity contribution in [2.45, 2.75) is 38.5 Å². The first-order chi connectivity index (χ1) is 34.3. The van der Waals surface area contributed by atoms with Crippen molar-refractivity contribution in [2.75, 3.05) is 0 Å². The lowest BCUT2D eigenvalue weighted by Gasteiger charge is -2.20. The molecule has 9 aromatic carbocycles. The Morgan fingerprint density at radius 3 is 0.634 bits per heavy atom. The van der Waals surface area contributed by atoms with E-state index in [-0.39, 0.29) is 51.7 Å². The molecule has 0 heterocycles. The zero-order valence-electron chi connectivity index (χ0n) is 38.7. The molecule has 9 aromatic rings. The first-order valence-corrected chi connectivity index (χ1v) is 23.2. The molecule has 0 aliphatic rings. The summed E-state index contributed by atoms with van der Waals surface area (Å²) in [7, 11) is 0. The van der Waals surface area contributed by atoms with Gasteiger partial charge in [0.1, 0.15) is 51.7 Å². The van der Waals surface area contributed by atoms with Gasteiger partial charge in [-0.3, -0.25) is 0 Å². The molecule has 0 fully saturated rings. The minimum Gasteiger partial charge on any atom is -0.508 e. The number of hydrogen-bond acceptors (Lipinski definition) is 9. The molecule has 0 bridgehead atoms. The normalized spacial score (nSPS) is 11.1. The van der Waals surface area contributed by atoms with Crippen LogP contribution in [0, 0.1) is 0 Å². The summed E-state index contributed by atoms with van der Waals surface area (Å²) in [6, 6.07) is 52.7. The molecule has 354 valence electrons. The first-order valence-electron chi connectivity index (χ1n) is 23.2. The van der Waals surface area contributed by atoms with Crippen molar-refractivity contribution >= 4 is 11.6 Å². The zero-order chi connectivity index (χ0) is 49.6. The van der Waals surface area contributed by atoms with Gasteiger partial charge in [-0.05, 0) is 204 Å². The Morgan fingerprint density at radius 1 is 0.254 bits per heavy atom. The van der Waals surface area contributed by atoms with Crippen LogP contribution in [0.1, 0.15) is 83.5 Å². The van der Waals surface area contributed by atoms with Crippen molar-refractivity contribution in [1.29, 1.82) is 0 Å². The molecule has 0 saturated carbocycles. The molecule has 0 unspecified atom stereocenters. The Morgan fingerprint density at radius 2 is 0.437 bits per heavy atom. The topological polar surface area (TPSA) is 182 Å². The van der Waals surface area contributed by atoms with Crippen LogP contribution >= 0.6 is 0 Å². The summed E-state index contributed by atoms with van der Waals surface area (Å²) in [6.45, 7) is 0. The third kappa shape index (κ3) is 11.6. The average molecular weight is 941 g/mol. The lowest BCUT2D eigenvalue weighted by atomic mass is 9.86. The van der Waals surface area contributed by atoms with Crippen LogP contribution in [0.25, 0.3) is 11.6 Å². The maximum absolute atomic E-state index is 12.2. The van der Waals surface area contributed by atoms with Crippen LogP contribution in [0.2, 0.25) is 0 Å². The lowest BCUT2D eigenvalue weighted by molar-refractivity contribution is 0.462. The fourth-order valence-corrected chi connectivity index (χ4v) is 9.01. The highest BCUT2D eigenvalue weighted by Crippen LogP contribution is 2.40. The van der Waals surface area contributed by atoms with Crippen LogP contribution < -0.4 is 0 Å². The van der Waals surface area contributed by atoms with E-state index in [1.54, 1.807) is 72.8 Å². The SMILES string of the molecule is Oc1ccc(Cc2cc(C=C(c3cc(Cc4ccc(O)cc4)c(O)c(Cc4ccc(O)cc4)c3)c3cc(Cc4ccc(O)cc4)c(O)c(Cc4ccc(O)cc4)c3)cc(Cc3ccc(O)cc3)c2O)cc1. The van der Waals surface area contributed by atoms with Crippen molar-refractivity contribution in [3.8, 4) is 51.7 Å². The molecule has 0 spiro atoms. The average Bonchev–Trinajstić information content (AvgIpc) is 3.36. The summed E-state index contributed by atoms with van der Waals surface area (Å²) >= 11 is 0.